The molecule has 1 atom stereocenters. The first-order valence-electron chi connectivity index (χ1n) is 12.3. The molecule has 0 saturated heterocycles. The highest BCUT2D eigenvalue weighted by molar-refractivity contribution is 8.03. The molecule has 0 radical (unpaired) electrons. The number of nitriles is 1. The third-order valence-corrected chi connectivity index (χ3v) is 7.18. The number of dihydropyridines is 1. The quantitative estimate of drug-likeness (QED) is 0.286. The second-order valence-electron chi connectivity index (χ2n) is 8.77. The van der Waals surface area contributed by atoms with Crippen molar-refractivity contribution >= 4 is 35.0 Å². The van der Waals surface area contributed by atoms with Gasteiger partial charge in [-0.1, -0.05) is 42.1 Å². The Morgan fingerprint density at radius 1 is 1.00 bits per heavy atom. The van der Waals surface area contributed by atoms with Gasteiger partial charge >= 0.3 is 0 Å². The van der Waals surface area contributed by atoms with Gasteiger partial charge in [-0.25, -0.2) is 0 Å². The number of nitrogens with one attached hydrogen (secondary N) is 3. The molecule has 9 nitrogen and oxygen atoms in total. The number of methoxy groups -OCH3 is 2. The van der Waals surface area contributed by atoms with E-state index < -0.39 is 5.92 Å². The van der Waals surface area contributed by atoms with Crippen LogP contribution in [-0.4, -0.2) is 36.9 Å². The lowest BCUT2D eigenvalue weighted by atomic mass is 9.82. The lowest BCUT2D eigenvalue weighted by Crippen LogP contribution is -2.31. The van der Waals surface area contributed by atoms with Gasteiger partial charge in [0.1, 0.15) is 5.75 Å². The molecule has 40 heavy (non-hydrogen) atoms. The smallest absolute Gasteiger partial charge is 0.254 e. The van der Waals surface area contributed by atoms with Crippen LogP contribution in [0.4, 0.5) is 11.4 Å². The molecule has 2 amide bonds. The number of hydrogen-bond acceptors (Lipinski definition) is 8. The molecule has 0 saturated carbocycles. The summed E-state index contributed by atoms with van der Waals surface area (Å²) in [5, 5.41) is 29.8. The molecule has 3 aromatic carbocycles. The first kappa shape index (κ1) is 28.1. The van der Waals surface area contributed by atoms with E-state index in [4.69, 9.17) is 9.47 Å². The number of thioether (sulfide) groups is 1. The summed E-state index contributed by atoms with van der Waals surface area (Å²) in [6.07, 6.45) is 0. The molecule has 0 aromatic heterocycles. The van der Waals surface area contributed by atoms with Gasteiger partial charge in [-0.2, -0.15) is 5.26 Å². The summed E-state index contributed by atoms with van der Waals surface area (Å²) in [6, 6.07) is 23.0. The van der Waals surface area contributed by atoms with Crippen molar-refractivity contribution in [3.8, 4) is 23.3 Å². The van der Waals surface area contributed by atoms with E-state index in [0.29, 0.717) is 39.0 Å². The van der Waals surface area contributed by atoms with Crippen LogP contribution < -0.4 is 25.4 Å². The Morgan fingerprint density at radius 2 is 1.75 bits per heavy atom. The maximum absolute atomic E-state index is 13.6. The molecule has 0 spiro atoms. The number of rotatable bonds is 9. The molecule has 0 bridgehead atoms. The number of carbonyl (C=O) groups is 2. The van der Waals surface area contributed by atoms with Crippen LogP contribution in [0.2, 0.25) is 0 Å². The van der Waals surface area contributed by atoms with Crippen molar-refractivity contribution in [2.45, 2.75) is 12.8 Å². The number of hydrogen-bond donors (Lipinski definition) is 4. The lowest BCUT2D eigenvalue weighted by molar-refractivity contribution is -0.114. The Labute approximate surface area is 236 Å². The van der Waals surface area contributed by atoms with Crippen LogP contribution >= 0.6 is 11.8 Å². The molecule has 1 aliphatic rings. The standard InChI is InChI=1S/C30H28N4O5S/c1-18-27(29(37)34-20-8-5-4-6-9-20)28(19-12-13-24(35)25(14-19)39-3)23(16-31)30(32-18)40-17-26(36)33-21-10-7-11-22(15-21)38-2/h4-15,28,32,35H,17H2,1-3H3,(H,33,36)(H,34,37)/t28-/m0/s1. The van der Waals surface area contributed by atoms with Gasteiger partial charge < -0.3 is 30.5 Å². The molecular weight excluding hydrogens is 528 g/mol. The summed E-state index contributed by atoms with van der Waals surface area (Å²) >= 11 is 1.16. The number of allylic oxidation sites excluding steroid dienone is 2. The van der Waals surface area contributed by atoms with Crippen LogP contribution in [0, 0.1) is 11.3 Å². The topological polar surface area (TPSA) is 133 Å². The molecule has 4 N–H and O–H groups in total. The van der Waals surface area contributed by atoms with Gasteiger partial charge in [-0.3, -0.25) is 9.59 Å². The number of para-hydroxylation sites is 1. The highest BCUT2D eigenvalue weighted by Gasteiger charge is 2.35. The molecule has 204 valence electrons. The van der Waals surface area contributed by atoms with Crippen molar-refractivity contribution in [2.75, 3.05) is 30.6 Å². The molecule has 0 unspecified atom stereocenters. The molecule has 1 aliphatic heterocycles. The number of amides is 2. The van der Waals surface area contributed by atoms with E-state index in [1.807, 2.05) is 18.2 Å². The maximum atomic E-state index is 13.6. The van der Waals surface area contributed by atoms with Crippen LogP contribution in [0.3, 0.4) is 0 Å². The number of nitrogens with zero attached hydrogens (tertiary/aromatic N) is 1. The Kier molecular flexibility index (Phi) is 8.99. The van der Waals surface area contributed by atoms with Crippen molar-refractivity contribution in [3.05, 3.63) is 100 Å². The van der Waals surface area contributed by atoms with E-state index in [1.165, 1.54) is 13.2 Å². The van der Waals surface area contributed by atoms with E-state index in [1.54, 1.807) is 62.6 Å². The third kappa shape index (κ3) is 6.39. The Bertz CT molecular complexity index is 1530. The SMILES string of the molecule is COc1cccc(NC(=O)CSC2=C(C#N)[C@H](c3ccc(O)c(OC)c3)C(C(=O)Nc3ccccc3)=C(C)N2)c1. The largest absolute Gasteiger partial charge is 0.504 e. The van der Waals surface area contributed by atoms with Crippen molar-refractivity contribution in [1.82, 2.24) is 5.32 Å². The van der Waals surface area contributed by atoms with E-state index in [2.05, 4.69) is 22.0 Å². The first-order valence-corrected chi connectivity index (χ1v) is 13.2. The number of phenols is 1. The first-order chi connectivity index (χ1) is 19.3. The van der Waals surface area contributed by atoms with E-state index in [0.717, 1.165) is 11.8 Å². The Hall–Kier alpha value is -4.88. The molecular formula is C30H28N4O5S. The predicted octanol–water partition coefficient (Wildman–Crippen LogP) is 5.12. The molecule has 4 rings (SSSR count). The van der Waals surface area contributed by atoms with Gasteiger partial charge in [0, 0.05) is 28.7 Å². The number of ether oxygens (including phenoxy) is 2. The molecule has 10 heteroatoms. The maximum Gasteiger partial charge on any atom is 0.254 e. The second kappa shape index (κ2) is 12.8. The van der Waals surface area contributed by atoms with Gasteiger partial charge in [0.2, 0.25) is 5.91 Å². The number of aromatic hydroxyl groups is 1. The second-order valence-corrected chi connectivity index (χ2v) is 9.76. The summed E-state index contributed by atoms with van der Waals surface area (Å²) < 4.78 is 10.5. The summed E-state index contributed by atoms with van der Waals surface area (Å²) in [7, 11) is 2.97. The molecule has 0 fully saturated rings. The van der Waals surface area contributed by atoms with Crippen molar-refractivity contribution in [1.29, 1.82) is 5.26 Å². The number of benzene rings is 3. The summed E-state index contributed by atoms with van der Waals surface area (Å²) in [6.45, 7) is 1.75. The molecule has 0 aliphatic carbocycles. The number of carbonyl (C=O) groups excluding carboxylic acids is 2. The zero-order valence-corrected chi connectivity index (χ0v) is 23.0. The molecule has 1 heterocycles. The van der Waals surface area contributed by atoms with E-state index in [-0.39, 0.29) is 34.6 Å². The average Bonchev–Trinajstić information content (AvgIpc) is 2.96. The van der Waals surface area contributed by atoms with E-state index >= 15 is 0 Å². The normalized spacial score (nSPS) is 14.6. The Morgan fingerprint density at radius 3 is 2.45 bits per heavy atom. The van der Waals surface area contributed by atoms with Gasteiger partial charge in [0.05, 0.1) is 42.6 Å². The fourth-order valence-electron chi connectivity index (χ4n) is 4.29. The van der Waals surface area contributed by atoms with E-state index in [9.17, 15) is 20.0 Å². The summed E-state index contributed by atoms with van der Waals surface area (Å²) in [5.41, 5.74) is 2.88. The van der Waals surface area contributed by atoms with Crippen molar-refractivity contribution in [2.24, 2.45) is 0 Å². The minimum Gasteiger partial charge on any atom is -0.504 e. The lowest BCUT2D eigenvalue weighted by Gasteiger charge is -2.30. The van der Waals surface area contributed by atoms with Gasteiger partial charge in [-0.05, 0) is 48.9 Å². The van der Waals surface area contributed by atoms with Gasteiger partial charge in [0.25, 0.3) is 5.91 Å². The monoisotopic (exact) mass is 556 g/mol. The minimum atomic E-state index is -0.784. The van der Waals surface area contributed by atoms with Crippen LogP contribution in [0.25, 0.3) is 0 Å². The fourth-order valence-corrected chi connectivity index (χ4v) is 5.18. The van der Waals surface area contributed by atoms with Crippen LogP contribution in [0.5, 0.6) is 17.2 Å². The van der Waals surface area contributed by atoms with Gasteiger partial charge in [0.15, 0.2) is 11.5 Å². The van der Waals surface area contributed by atoms with Crippen LogP contribution in [0.1, 0.15) is 18.4 Å². The Balaban J connectivity index is 1.66. The zero-order chi connectivity index (χ0) is 28.6. The predicted molar refractivity (Wildman–Crippen MR) is 155 cm³/mol. The highest BCUT2D eigenvalue weighted by Crippen LogP contribution is 2.43. The van der Waals surface area contributed by atoms with Crippen LogP contribution in [-0.2, 0) is 9.59 Å². The van der Waals surface area contributed by atoms with Crippen molar-refractivity contribution in [3.63, 3.8) is 0 Å². The minimum absolute atomic E-state index is 0.00909. The number of phenolic OH excluding ortho intramolecular Hbond substituents is 1. The third-order valence-electron chi connectivity index (χ3n) is 6.16. The molecule has 3 aromatic rings. The highest BCUT2D eigenvalue weighted by atomic mass is 32.2. The summed E-state index contributed by atoms with van der Waals surface area (Å²) in [5.74, 6) is -0.683. The zero-order valence-electron chi connectivity index (χ0n) is 22.1. The summed E-state index contributed by atoms with van der Waals surface area (Å²) in [4.78, 5) is 26.3. The number of anilines is 2. The van der Waals surface area contributed by atoms with Crippen LogP contribution in [0.15, 0.2) is 94.7 Å². The fraction of sp³-hybridized carbons (Fsp3) is 0.167. The average molecular weight is 557 g/mol. The van der Waals surface area contributed by atoms with Crippen molar-refractivity contribution < 1.29 is 24.2 Å². The van der Waals surface area contributed by atoms with Gasteiger partial charge in [-0.15, -0.1) is 0 Å².